The van der Waals surface area contributed by atoms with Crippen LogP contribution in [-0.2, 0) is 16.6 Å². The summed E-state index contributed by atoms with van der Waals surface area (Å²) in [5.41, 5.74) is 1.22. The molecule has 134 valence electrons. The van der Waals surface area contributed by atoms with Gasteiger partial charge in [0.15, 0.2) is 0 Å². The Morgan fingerprint density at radius 3 is 2.08 bits per heavy atom. The Hall–Kier alpha value is -2.86. The maximum absolute atomic E-state index is 13.2. The van der Waals surface area contributed by atoms with E-state index in [9.17, 15) is 12.8 Å². The lowest BCUT2D eigenvalue weighted by molar-refractivity contribution is 0.414. The highest BCUT2D eigenvalue weighted by Gasteiger charge is 2.25. The van der Waals surface area contributed by atoms with Crippen molar-refractivity contribution >= 4 is 15.7 Å². The van der Waals surface area contributed by atoms with Gasteiger partial charge in [-0.3, -0.25) is 4.31 Å². The Morgan fingerprint density at radius 2 is 1.50 bits per heavy atom. The van der Waals surface area contributed by atoms with Crippen LogP contribution in [0.3, 0.4) is 0 Å². The van der Waals surface area contributed by atoms with Crippen molar-refractivity contribution in [2.24, 2.45) is 0 Å². The van der Waals surface area contributed by atoms with Gasteiger partial charge in [-0.15, -0.1) is 0 Å². The Morgan fingerprint density at radius 1 is 0.885 bits per heavy atom. The number of rotatable bonds is 6. The average Bonchev–Trinajstić information content (AvgIpc) is 2.68. The molecule has 6 heteroatoms. The number of hydrogen-bond donors (Lipinski definition) is 0. The van der Waals surface area contributed by atoms with Crippen LogP contribution >= 0.6 is 0 Å². The molecule has 0 spiro atoms. The molecule has 0 aromatic heterocycles. The molecule has 0 atom stereocenters. The molecule has 0 radical (unpaired) electrons. The van der Waals surface area contributed by atoms with Gasteiger partial charge in [0, 0.05) is 0 Å². The highest BCUT2D eigenvalue weighted by molar-refractivity contribution is 7.92. The lowest BCUT2D eigenvalue weighted by Gasteiger charge is -2.25. The maximum atomic E-state index is 13.2. The molecule has 0 aliphatic heterocycles. The minimum atomic E-state index is -3.80. The molecular weight excluding hydrogens is 353 g/mol. The van der Waals surface area contributed by atoms with Gasteiger partial charge in [-0.05, 0) is 54.1 Å². The molecule has 0 fully saturated rings. The first-order chi connectivity index (χ1) is 12.5. The molecule has 0 saturated heterocycles. The molecule has 3 rings (SSSR count). The first kappa shape index (κ1) is 17.9. The van der Waals surface area contributed by atoms with Crippen LogP contribution in [0.25, 0.3) is 0 Å². The highest BCUT2D eigenvalue weighted by atomic mass is 32.2. The van der Waals surface area contributed by atoms with Crippen LogP contribution in [0.15, 0.2) is 83.8 Å². The fraction of sp³-hybridized carbons (Fsp3) is 0.100. The van der Waals surface area contributed by atoms with E-state index in [2.05, 4.69) is 0 Å². The van der Waals surface area contributed by atoms with E-state index in [0.29, 0.717) is 17.0 Å². The maximum Gasteiger partial charge on any atom is 0.264 e. The van der Waals surface area contributed by atoms with Crippen LogP contribution < -0.4 is 9.04 Å². The number of sulfonamides is 1. The Balaban J connectivity index is 2.02. The van der Waals surface area contributed by atoms with Crippen molar-refractivity contribution in [3.8, 4) is 5.75 Å². The molecule has 0 aliphatic carbocycles. The zero-order valence-electron chi connectivity index (χ0n) is 14.2. The van der Waals surface area contributed by atoms with Gasteiger partial charge in [0.25, 0.3) is 10.0 Å². The second-order valence-corrected chi connectivity index (χ2v) is 7.51. The van der Waals surface area contributed by atoms with Gasteiger partial charge in [0.1, 0.15) is 11.6 Å². The van der Waals surface area contributed by atoms with Crippen molar-refractivity contribution in [2.45, 2.75) is 11.4 Å². The molecule has 0 amide bonds. The van der Waals surface area contributed by atoms with Crippen LogP contribution in [-0.4, -0.2) is 15.5 Å². The van der Waals surface area contributed by atoms with Crippen molar-refractivity contribution in [1.29, 1.82) is 0 Å². The van der Waals surface area contributed by atoms with Gasteiger partial charge in [-0.2, -0.15) is 0 Å². The van der Waals surface area contributed by atoms with Gasteiger partial charge >= 0.3 is 0 Å². The van der Waals surface area contributed by atoms with Crippen molar-refractivity contribution in [3.63, 3.8) is 0 Å². The molecule has 26 heavy (non-hydrogen) atoms. The van der Waals surface area contributed by atoms with E-state index in [-0.39, 0.29) is 17.3 Å². The topological polar surface area (TPSA) is 46.6 Å². The van der Waals surface area contributed by atoms with Crippen LogP contribution in [0, 0.1) is 5.82 Å². The van der Waals surface area contributed by atoms with E-state index < -0.39 is 10.0 Å². The number of halogens is 1. The summed E-state index contributed by atoms with van der Waals surface area (Å²) >= 11 is 0. The molecule has 0 saturated carbocycles. The standard InChI is InChI=1S/C20H18FNO3S/c1-25-19-11-13-20(14-12-19)26(23,24)22(18-5-3-2-4-6-18)15-16-7-9-17(21)10-8-16/h2-14H,15H2,1H3. The molecule has 0 unspecified atom stereocenters. The lowest BCUT2D eigenvalue weighted by Crippen LogP contribution is -2.30. The third kappa shape index (κ3) is 3.86. The molecule has 4 nitrogen and oxygen atoms in total. The van der Waals surface area contributed by atoms with E-state index in [4.69, 9.17) is 4.74 Å². The summed E-state index contributed by atoms with van der Waals surface area (Å²) in [5.74, 6) is 0.215. The van der Waals surface area contributed by atoms with Gasteiger partial charge in [-0.1, -0.05) is 30.3 Å². The van der Waals surface area contributed by atoms with Crippen LogP contribution in [0.1, 0.15) is 5.56 Å². The second kappa shape index (κ2) is 7.58. The third-order valence-electron chi connectivity index (χ3n) is 3.93. The van der Waals surface area contributed by atoms with Crippen molar-refractivity contribution < 1.29 is 17.5 Å². The van der Waals surface area contributed by atoms with Crippen LogP contribution in [0.5, 0.6) is 5.75 Å². The Bertz CT molecular complexity index is 956. The van der Waals surface area contributed by atoms with Crippen LogP contribution in [0.2, 0.25) is 0 Å². The van der Waals surface area contributed by atoms with E-state index in [1.165, 1.54) is 35.7 Å². The first-order valence-electron chi connectivity index (χ1n) is 7.97. The number of nitrogens with zero attached hydrogens (tertiary/aromatic N) is 1. The van der Waals surface area contributed by atoms with Gasteiger partial charge < -0.3 is 4.74 Å². The van der Waals surface area contributed by atoms with E-state index in [1.807, 2.05) is 6.07 Å². The summed E-state index contributed by atoms with van der Waals surface area (Å²) in [7, 11) is -2.28. The summed E-state index contributed by atoms with van der Waals surface area (Å²) in [5, 5.41) is 0. The fourth-order valence-electron chi connectivity index (χ4n) is 2.54. The molecular formula is C20H18FNO3S. The number of hydrogen-bond acceptors (Lipinski definition) is 3. The summed E-state index contributed by atoms with van der Waals surface area (Å²) in [6, 6.07) is 20.8. The molecule has 0 aliphatic rings. The quantitative estimate of drug-likeness (QED) is 0.651. The molecule has 0 heterocycles. The minimum absolute atomic E-state index is 0.0959. The van der Waals surface area contributed by atoms with Crippen molar-refractivity contribution in [1.82, 2.24) is 0 Å². The van der Waals surface area contributed by atoms with E-state index in [1.54, 1.807) is 48.5 Å². The minimum Gasteiger partial charge on any atom is -0.497 e. The summed E-state index contributed by atoms with van der Waals surface area (Å²) in [6.07, 6.45) is 0. The second-order valence-electron chi connectivity index (χ2n) is 5.65. The van der Waals surface area contributed by atoms with Gasteiger partial charge in [-0.25, -0.2) is 12.8 Å². The fourth-order valence-corrected chi connectivity index (χ4v) is 3.99. The number of ether oxygens (including phenoxy) is 1. The normalized spacial score (nSPS) is 11.2. The highest BCUT2D eigenvalue weighted by Crippen LogP contribution is 2.27. The van der Waals surface area contributed by atoms with Gasteiger partial charge in [0.05, 0.1) is 24.2 Å². The summed E-state index contributed by atoms with van der Waals surface area (Å²) in [6.45, 7) is 0.0959. The monoisotopic (exact) mass is 371 g/mol. The average molecular weight is 371 g/mol. The molecule has 0 bridgehead atoms. The van der Waals surface area contributed by atoms with Crippen molar-refractivity contribution in [2.75, 3.05) is 11.4 Å². The Labute approximate surface area is 152 Å². The van der Waals surface area contributed by atoms with E-state index >= 15 is 0 Å². The molecule has 3 aromatic rings. The predicted octanol–water partition coefficient (Wildman–Crippen LogP) is 4.23. The number of para-hydroxylation sites is 1. The molecule has 3 aromatic carbocycles. The lowest BCUT2D eigenvalue weighted by atomic mass is 10.2. The smallest absolute Gasteiger partial charge is 0.264 e. The predicted molar refractivity (Wildman–Crippen MR) is 99.2 cm³/mol. The number of anilines is 1. The zero-order valence-corrected chi connectivity index (χ0v) is 15.0. The third-order valence-corrected chi connectivity index (χ3v) is 5.72. The first-order valence-corrected chi connectivity index (χ1v) is 9.41. The van der Waals surface area contributed by atoms with E-state index in [0.717, 1.165) is 0 Å². The molecule has 0 N–H and O–H groups in total. The summed E-state index contributed by atoms with van der Waals surface area (Å²) < 4.78 is 46.0. The zero-order chi connectivity index (χ0) is 18.6. The van der Waals surface area contributed by atoms with Gasteiger partial charge in [0.2, 0.25) is 0 Å². The SMILES string of the molecule is COc1ccc(S(=O)(=O)N(Cc2ccc(F)cc2)c2ccccc2)cc1. The summed E-state index contributed by atoms with van der Waals surface area (Å²) in [4.78, 5) is 0.157. The Kier molecular flexibility index (Phi) is 5.23. The van der Waals surface area contributed by atoms with Crippen molar-refractivity contribution in [3.05, 3.63) is 90.2 Å². The largest absolute Gasteiger partial charge is 0.497 e. The van der Waals surface area contributed by atoms with Crippen LogP contribution in [0.4, 0.5) is 10.1 Å². The number of benzene rings is 3. The number of methoxy groups -OCH3 is 1.